The van der Waals surface area contributed by atoms with Gasteiger partial charge < -0.3 is 29.1 Å². The first-order chi connectivity index (χ1) is 14.6. The maximum absolute atomic E-state index is 12.1. The quantitative estimate of drug-likeness (QED) is 0.364. The van der Waals surface area contributed by atoms with E-state index in [0.29, 0.717) is 37.1 Å². The first-order valence-electron chi connectivity index (χ1n) is 10.8. The first kappa shape index (κ1) is 26.8. The lowest BCUT2D eigenvalue weighted by atomic mass is 9.84. The van der Waals surface area contributed by atoms with Gasteiger partial charge in [0, 0.05) is 20.1 Å². The van der Waals surface area contributed by atoms with Gasteiger partial charge in [0.15, 0.2) is 11.5 Å². The average molecular weight is 438 g/mol. The predicted octanol–water partition coefficient (Wildman–Crippen LogP) is 4.41. The molecule has 1 amide bonds. The van der Waals surface area contributed by atoms with E-state index in [1.807, 2.05) is 18.2 Å². The van der Waals surface area contributed by atoms with Gasteiger partial charge in [-0.2, -0.15) is 0 Å². The van der Waals surface area contributed by atoms with Crippen LogP contribution in [-0.2, 0) is 20.7 Å². The third-order valence-corrected chi connectivity index (χ3v) is 4.84. The van der Waals surface area contributed by atoms with Gasteiger partial charge in [0.25, 0.3) is 0 Å². The first-order valence-corrected chi connectivity index (χ1v) is 10.8. The van der Waals surface area contributed by atoms with Gasteiger partial charge in [0.1, 0.15) is 11.9 Å². The molecule has 0 aromatic heterocycles. The highest BCUT2D eigenvalue weighted by Gasteiger charge is 2.24. The van der Waals surface area contributed by atoms with Crippen LogP contribution in [-0.4, -0.2) is 51.5 Å². The Hall–Kier alpha value is -2.28. The summed E-state index contributed by atoms with van der Waals surface area (Å²) >= 11 is 0. The highest BCUT2D eigenvalue weighted by molar-refractivity contribution is 5.73. The number of rotatable bonds is 13. The molecule has 0 fully saturated rings. The lowest BCUT2D eigenvalue weighted by Crippen LogP contribution is -2.41. The van der Waals surface area contributed by atoms with Gasteiger partial charge in [0.05, 0.1) is 19.8 Å². The van der Waals surface area contributed by atoms with E-state index in [1.54, 1.807) is 35.0 Å². The summed E-state index contributed by atoms with van der Waals surface area (Å²) in [4.78, 5) is 23.7. The SMILES string of the molecule is COCCCOc1cc(C[C@H](C[C@@H](C=O)NC(=O)OC(C)(C)C)C(C)C)ccc1OC. The summed E-state index contributed by atoms with van der Waals surface area (Å²) in [7, 11) is 3.28. The molecule has 2 atom stereocenters. The molecule has 0 bridgehead atoms. The van der Waals surface area contributed by atoms with Crippen LogP contribution in [0.25, 0.3) is 0 Å². The Morgan fingerprint density at radius 3 is 2.39 bits per heavy atom. The third kappa shape index (κ3) is 10.5. The standard InChI is InChI=1S/C24H39NO6/c1-17(2)19(15-20(16-26)25-23(27)31-24(3,4)5)13-18-9-10-21(29-7)22(14-18)30-12-8-11-28-6/h9-10,14,16-17,19-20H,8,11-13,15H2,1-7H3,(H,25,27)/t19-,20+/m1/s1. The van der Waals surface area contributed by atoms with Crippen LogP contribution in [0.2, 0.25) is 0 Å². The Kier molecular flexibility index (Phi) is 11.4. The largest absolute Gasteiger partial charge is 0.493 e. The fourth-order valence-electron chi connectivity index (χ4n) is 3.17. The number of alkyl carbamates (subject to hydrolysis) is 1. The van der Waals surface area contributed by atoms with Crippen molar-refractivity contribution in [3.05, 3.63) is 23.8 Å². The van der Waals surface area contributed by atoms with E-state index < -0.39 is 17.7 Å². The number of carbonyl (C=O) groups excluding carboxylic acids is 2. The molecule has 1 rings (SSSR count). The van der Waals surface area contributed by atoms with E-state index in [4.69, 9.17) is 18.9 Å². The van der Waals surface area contributed by atoms with E-state index in [1.165, 1.54) is 0 Å². The molecule has 1 aromatic rings. The van der Waals surface area contributed by atoms with Gasteiger partial charge >= 0.3 is 6.09 Å². The minimum Gasteiger partial charge on any atom is -0.493 e. The monoisotopic (exact) mass is 437 g/mol. The molecule has 31 heavy (non-hydrogen) atoms. The smallest absolute Gasteiger partial charge is 0.408 e. The fraction of sp³-hybridized carbons (Fsp3) is 0.667. The number of amides is 1. The zero-order valence-electron chi connectivity index (χ0n) is 20.0. The molecule has 0 unspecified atom stereocenters. The lowest BCUT2D eigenvalue weighted by molar-refractivity contribution is -0.110. The lowest BCUT2D eigenvalue weighted by Gasteiger charge is -2.26. The van der Waals surface area contributed by atoms with Gasteiger partial charge in [-0.05, 0) is 63.1 Å². The summed E-state index contributed by atoms with van der Waals surface area (Å²) in [6.07, 6.45) is 2.25. The number of carbonyl (C=O) groups is 2. The molecule has 176 valence electrons. The van der Waals surface area contributed by atoms with Crippen molar-refractivity contribution >= 4 is 12.4 Å². The molecule has 0 spiro atoms. The molecule has 0 radical (unpaired) electrons. The molecular formula is C24H39NO6. The van der Waals surface area contributed by atoms with Crippen LogP contribution in [0.15, 0.2) is 18.2 Å². The third-order valence-electron chi connectivity index (χ3n) is 4.84. The molecule has 0 aliphatic carbocycles. The molecule has 0 heterocycles. The number of nitrogens with one attached hydrogen (secondary N) is 1. The molecule has 1 aromatic carbocycles. The maximum atomic E-state index is 12.1. The number of benzene rings is 1. The van der Waals surface area contributed by atoms with E-state index in [-0.39, 0.29) is 5.92 Å². The number of ether oxygens (including phenoxy) is 4. The van der Waals surface area contributed by atoms with Gasteiger partial charge in [0.2, 0.25) is 0 Å². The van der Waals surface area contributed by atoms with Gasteiger partial charge in [-0.1, -0.05) is 19.9 Å². The van der Waals surface area contributed by atoms with Crippen LogP contribution in [0.4, 0.5) is 4.79 Å². The van der Waals surface area contributed by atoms with Crippen LogP contribution < -0.4 is 14.8 Å². The van der Waals surface area contributed by atoms with Crippen molar-refractivity contribution in [1.82, 2.24) is 5.32 Å². The number of aldehydes is 1. The van der Waals surface area contributed by atoms with Crippen molar-refractivity contribution < 1.29 is 28.5 Å². The highest BCUT2D eigenvalue weighted by Crippen LogP contribution is 2.31. The van der Waals surface area contributed by atoms with Gasteiger partial charge in [-0.3, -0.25) is 0 Å². The van der Waals surface area contributed by atoms with Crippen LogP contribution >= 0.6 is 0 Å². The molecule has 7 heteroatoms. The van der Waals surface area contributed by atoms with E-state index in [0.717, 1.165) is 24.7 Å². The highest BCUT2D eigenvalue weighted by atomic mass is 16.6. The normalized spacial score (nSPS) is 13.4. The Morgan fingerprint density at radius 1 is 1.13 bits per heavy atom. The van der Waals surface area contributed by atoms with Crippen molar-refractivity contribution in [2.24, 2.45) is 11.8 Å². The Morgan fingerprint density at radius 2 is 1.84 bits per heavy atom. The summed E-state index contributed by atoms with van der Waals surface area (Å²) in [5.41, 5.74) is 0.473. The van der Waals surface area contributed by atoms with Crippen molar-refractivity contribution in [3.8, 4) is 11.5 Å². The summed E-state index contributed by atoms with van der Waals surface area (Å²) in [5, 5.41) is 2.68. The predicted molar refractivity (Wildman–Crippen MR) is 121 cm³/mol. The molecule has 0 aliphatic heterocycles. The minimum atomic E-state index is -0.613. The zero-order valence-corrected chi connectivity index (χ0v) is 20.0. The summed E-state index contributed by atoms with van der Waals surface area (Å²) in [6, 6.07) is 5.28. The van der Waals surface area contributed by atoms with Crippen LogP contribution in [0, 0.1) is 11.8 Å². The van der Waals surface area contributed by atoms with Crippen LogP contribution in [0.1, 0.15) is 53.0 Å². The molecule has 0 saturated carbocycles. The Labute approximate surface area is 186 Å². The molecule has 7 nitrogen and oxygen atoms in total. The second-order valence-electron chi connectivity index (χ2n) is 9.01. The Bertz CT molecular complexity index is 683. The van der Waals surface area contributed by atoms with Crippen LogP contribution in [0.3, 0.4) is 0 Å². The average Bonchev–Trinajstić information content (AvgIpc) is 2.68. The van der Waals surface area contributed by atoms with Crippen molar-refractivity contribution in [3.63, 3.8) is 0 Å². The molecule has 1 N–H and O–H groups in total. The Balaban J connectivity index is 2.84. The molecular weight excluding hydrogens is 398 g/mol. The van der Waals surface area contributed by atoms with Crippen LogP contribution in [0.5, 0.6) is 11.5 Å². The number of methoxy groups -OCH3 is 2. The molecule has 0 saturated heterocycles. The molecule has 0 aliphatic rings. The summed E-state index contributed by atoms with van der Waals surface area (Å²) in [5.74, 6) is 1.87. The van der Waals surface area contributed by atoms with Gasteiger partial charge in [-0.15, -0.1) is 0 Å². The van der Waals surface area contributed by atoms with Gasteiger partial charge in [-0.25, -0.2) is 4.79 Å². The van der Waals surface area contributed by atoms with E-state index >= 15 is 0 Å². The number of hydrogen-bond donors (Lipinski definition) is 1. The van der Waals surface area contributed by atoms with E-state index in [9.17, 15) is 9.59 Å². The zero-order chi connectivity index (χ0) is 23.4. The number of hydrogen-bond acceptors (Lipinski definition) is 6. The second kappa shape index (κ2) is 13.2. The fourth-order valence-corrected chi connectivity index (χ4v) is 3.17. The minimum absolute atomic E-state index is 0.180. The van der Waals surface area contributed by atoms with E-state index in [2.05, 4.69) is 19.2 Å². The summed E-state index contributed by atoms with van der Waals surface area (Å²) in [6.45, 7) is 10.8. The topological polar surface area (TPSA) is 83.1 Å². The second-order valence-corrected chi connectivity index (χ2v) is 9.01. The maximum Gasteiger partial charge on any atom is 0.408 e. The van der Waals surface area contributed by atoms with Crippen molar-refractivity contribution in [2.45, 2.75) is 65.5 Å². The van der Waals surface area contributed by atoms with Crippen molar-refractivity contribution in [1.29, 1.82) is 0 Å². The van der Waals surface area contributed by atoms with Crippen molar-refractivity contribution in [2.75, 3.05) is 27.4 Å². The summed E-state index contributed by atoms with van der Waals surface area (Å²) < 4.78 is 21.6.